The number of anilines is 2. The number of pyridine rings is 2. The second-order valence-electron chi connectivity index (χ2n) is 3.45. The molecule has 0 atom stereocenters. The average Bonchev–Trinajstić information content (AvgIpc) is 2.81. The Morgan fingerprint density at radius 1 is 1.15 bits per heavy atom. The molecule has 3 aromatic heterocycles. The Hall–Kier alpha value is -2.71. The lowest BCUT2D eigenvalue weighted by atomic mass is 10.5. The van der Waals surface area contributed by atoms with E-state index in [1.54, 1.807) is 28.5 Å². The quantitative estimate of drug-likeness (QED) is 0.441. The third-order valence-electron chi connectivity index (χ3n) is 1.95. The molecule has 8 heteroatoms. The van der Waals surface area contributed by atoms with Gasteiger partial charge in [-0.15, -0.1) is 5.10 Å². The molecule has 0 fully saturated rings. The highest BCUT2D eigenvalue weighted by molar-refractivity contribution is 5.40. The first-order valence-corrected chi connectivity index (χ1v) is 5.71. The van der Waals surface area contributed by atoms with Gasteiger partial charge in [0.2, 0.25) is 5.95 Å². The predicted octanol–water partition coefficient (Wildman–Crippen LogP) is 0.570. The smallest absolute Gasteiger partial charge is 0.240 e. The van der Waals surface area contributed by atoms with Gasteiger partial charge < -0.3 is 16.7 Å². The fourth-order valence-electron chi connectivity index (χ4n) is 1.22. The summed E-state index contributed by atoms with van der Waals surface area (Å²) < 4.78 is 1.63. The Bertz CT molecular complexity index is 578. The van der Waals surface area contributed by atoms with Gasteiger partial charge in [0.05, 0.1) is 0 Å². The second-order valence-corrected chi connectivity index (χ2v) is 3.45. The number of hydrogen-bond acceptors (Lipinski definition) is 7. The van der Waals surface area contributed by atoms with E-state index in [4.69, 9.17) is 16.7 Å². The van der Waals surface area contributed by atoms with Gasteiger partial charge in [-0.25, -0.2) is 15.0 Å². The molecule has 0 spiro atoms. The molecule has 0 aliphatic heterocycles. The highest BCUT2D eigenvalue weighted by Crippen LogP contribution is 1.99. The summed E-state index contributed by atoms with van der Waals surface area (Å²) in [6.07, 6.45) is 3.47. The van der Waals surface area contributed by atoms with Gasteiger partial charge in [0.25, 0.3) is 0 Å². The van der Waals surface area contributed by atoms with Crippen molar-refractivity contribution in [3.8, 4) is 0 Å². The van der Waals surface area contributed by atoms with E-state index in [0.29, 0.717) is 11.8 Å². The number of nitrogens with two attached hydrogens (primary N) is 2. The summed E-state index contributed by atoms with van der Waals surface area (Å²) >= 11 is 0. The van der Waals surface area contributed by atoms with Crippen molar-refractivity contribution >= 4 is 17.4 Å². The van der Waals surface area contributed by atoms with Crippen LogP contribution in [0.2, 0.25) is 0 Å². The molecule has 0 saturated heterocycles. The molecule has 0 radical (unpaired) electrons. The topological polar surface area (TPSA) is 127 Å². The maximum atomic E-state index is 7.32. The molecule has 0 aromatic carbocycles. The second kappa shape index (κ2) is 8.40. The number of rotatable bonds is 0. The van der Waals surface area contributed by atoms with Crippen LogP contribution in [-0.4, -0.2) is 31.8 Å². The van der Waals surface area contributed by atoms with Crippen LogP contribution in [0, 0.1) is 0 Å². The summed E-state index contributed by atoms with van der Waals surface area (Å²) in [4.78, 5) is 7.70. The van der Waals surface area contributed by atoms with Crippen LogP contribution in [0.25, 0.3) is 5.65 Å². The molecule has 106 valence electrons. The van der Waals surface area contributed by atoms with Gasteiger partial charge in [-0.1, -0.05) is 12.1 Å². The Morgan fingerprint density at radius 3 is 2.35 bits per heavy atom. The first-order valence-electron chi connectivity index (χ1n) is 5.71. The molecule has 0 amide bonds. The van der Waals surface area contributed by atoms with E-state index in [0.717, 1.165) is 5.65 Å². The summed E-state index contributed by atoms with van der Waals surface area (Å²) in [5.74, 6) is 0.883. The van der Waals surface area contributed by atoms with Crippen molar-refractivity contribution in [1.82, 2.24) is 25.1 Å². The molecule has 20 heavy (non-hydrogen) atoms. The average molecular weight is 275 g/mol. The third kappa shape index (κ3) is 5.29. The van der Waals surface area contributed by atoms with E-state index >= 15 is 0 Å². The number of aromatic nitrogens is 4. The van der Waals surface area contributed by atoms with E-state index in [1.807, 2.05) is 30.3 Å². The first kappa shape index (κ1) is 15.3. The summed E-state index contributed by atoms with van der Waals surface area (Å²) in [5.41, 5.74) is 13.1. The Morgan fingerprint density at radius 2 is 1.85 bits per heavy atom. The minimum Gasteiger partial charge on any atom is -0.384 e. The van der Waals surface area contributed by atoms with Gasteiger partial charge in [0.15, 0.2) is 5.65 Å². The van der Waals surface area contributed by atoms with Crippen molar-refractivity contribution in [1.29, 1.82) is 0 Å². The van der Waals surface area contributed by atoms with Crippen LogP contribution >= 0.6 is 0 Å². The summed E-state index contributed by atoms with van der Waals surface area (Å²) in [5, 5.41) is 11.2. The Balaban J connectivity index is 0.000000176. The standard InChI is InChI=1S/C6H6N4.C5H6N2.CH5NO/c7-6-8-5-3-1-2-4-10(5)9-6;6-5-3-1-2-4-7-5;1-2-3/h1-4H,(H2,7,9);1-4H,(H2,6,7);2-3H,1H3. The van der Waals surface area contributed by atoms with E-state index in [2.05, 4.69) is 15.1 Å². The van der Waals surface area contributed by atoms with E-state index in [-0.39, 0.29) is 0 Å². The molecule has 0 aliphatic rings. The van der Waals surface area contributed by atoms with Crippen molar-refractivity contribution in [3.05, 3.63) is 48.8 Å². The summed E-state index contributed by atoms with van der Waals surface area (Å²) in [7, 11) is 1.43. The molecule has 3 rings (SSSR count). The van der Waals surface area contributed by atoms with Crippen LogP contribution in [-0.2, 0) is 0 Å². The zero-order valence-electron chi connectivity index (χ0n) is 11.0. The lowest BCUT2D eigenvalue weighted by Gasteiger charge is -1.84. The van der Waals surface area contributed by atoms with Crippen molar-refractivity contribution in [2.75, 3.05) is 18.5 Å². The van der Waals surface area contributed by atoms with Crippen molar-refractivity contribution in [2.45, 2.75) is 0 Å². The number of nitrogen functional groups attached to an aromatic ring is 2. The normalized spacial score (nSPS) is 9.10. The zero-order chi connectivity index (χ0) is 14.8. The summed E-state index contributed by atoms with van der Waals surface area (Å²) in [6, 6.07) is 11.0. The first-order chi connectivity index (χ1) is 9.67. The van der Waals surface area contributed by atoms with E-state index in [1.165, 1.54) is 7.05 Å². The highest BCUT2D eigenvalue weighted by atomic mass is 16.5. The number of nitrogens with zero attached hydrogens (tertiary/aromatic N) is 4. The van der Waals surface area contributed by atoms with Gasteiger partial charge in [-0.2, -0.15) is 4.98 Å². The molecule has 8 nitrogen and oxygen atoms in total. The van der Waals surface area contributed by atoms with Crippen LogP contribution in [0.4, 0.5) is 11.8 Å². The van der Waals surface area contributed by atoms with Crippen LogP contribution < -0.4 is 16.9 Å². The van der Waals surface area contributed by atoms with Crippen molar-refractivity contribution in [3.63, 3.8) is 0 Å². The van der Waals surface area contributed by atoms with Crippen LogP contribution in [0.3, 0.4) is 0 Å². The lowest BCUT2D eigenvalue weighted by Crippen LogP contribution is -1.91. The lowest BCUT2D eigenvalue weighted by molar-refractivity contribution is 0.194. The number of fused-ring (bicyclic) bond motifs is 1. The third-order valence-corrected chi connectivity index (χ3v) is 1.95. The van der Waals surface area contributed by atoms with Crippen LogP contribution in [0.5, 0.6) is 0 Å². The SMILES string of the molecule is CNO.Nc1ccccn1.Nc1nc2ccccn2n1. The van der Waals surface area contributed by atoms with Crippen molar-refractivity contribution in [2.24, 2.45) is 0 Å². The monoisotopic (exact) mass is 275 g/mol. The Labute approximate surface area is 116 Å². The fourth-order valence-corrected chi connectivity index (χ4v) is 1.22. The molecule has 6 N–H and O–H groups in total. The van der Waals surface area contributed by atoms with E-state index < -0.39 is 0 Å². The van der Waals surface area contributed by atoms with Gasteiger partial charge in [0, 0.05) is 19.4 Å². The molecule has 0 saturated carbocycles. The number of nitrogens with one attached hydrogen (secondary N) is 1. The number of hydrogen-bond donors (Lipinski definition) is 4. The van der Waals surface area contributed by atoms with Crippen molar-refractivity contribution < 1.29 is 5.21 Å². The Kier molecular flexibility index (Phi) is 6.45. The predicted molar refractivity (Wildman–Crippen MR) is 76.9 cm³/mol. The molecular formula is C12H17N7O. The fraction of sp³-hybridized carbons (Fsp3) is 0.0833. The maximum absolute atomic E-state index is 7.32. The van der Waals surface area contributed by atoms with Gasteiger partial charge >= 0.3 is 0 Å². The van der Waals surface area contributed by atoms with Crippen LogP contribution in [0.15, 0.2) is 48.8 Å². The van der Waals surface area contributed by atoms with Gasteiger partial charge in [-0.3, -0.25) is 0 Å². The molecular weight excluding hydrogens is 258 g/mol. The minimum atomic E-state index is 0.311. The zero-order valence-corrected chi connectivity index (χ0v) is 11.0. The van der Waals surface area contributed by atoms with Gasteiger partial charge in [-0.05, 0) is 24.3 Å². The molecule has 0 aliphatic carbocycles. The molecule has 0 unspecified atom stereocenters. The highest BCUT2D eigenvalue weighted by Gasteiger charge is 1.94. The minimum absolute atomic E-state index is 0.311. The maximum Gasteiger partial charge on any atom is 0.240 e. The van der Waals surface area contributed by atoms with Crippen LogP contribution in [0.1, 0.15) is 0 Å². The van der Waals surface area contributed by atoms with E-state index in [9.17, 15) is 0 Å². The summed E-state index contributed by atoms with van der Waals surface area (Å²) in [6.45, 7) is 0. The molecule has 0 bridgehead atoms. The molecule has 3 aromatic rings. The largest absolute Gasteiger partial charge is 0.384 e. The van der Waals surface area contributed by atoms with Gasteiger partial charge in [0.1, 0.15) is 5.82 Å². The number of hydroxylamine groups is 1. The molecule has 3 heterocycles.